The van der Waals surface area contributed by atoms with Crippen LogP contribution in [0.2, 0.25) is 0 Å². The average molecular weight is 991 g/mol. The van der Waals surface area contributed by atoms with Crippen molar-refractivity contribution >= 4 is 23.1 Å². The van der Waals surface area contributed by atoms with E-state index in [1.807, 2.05) is 162 Å². The first kappa shape index (κ1) is 50.4. The molecule has 1 aliphatic rings. The quantitative estimate of drug-likeness (QED) is 0.0680. The van der Waals surface area contributed by atoms with Crippen molar-refractivity contribution in [2.45, 2.75) is 56.1 Å². The lowest BCUT2D eigenvalue weighted by Crippen LogP contribution is -2.46. The predicted octanol–water partition coefficient (Wildman–Crippen LogP) is 11.6. The first-order chi connectivity index (χ1) is 35.8. The van der Waals surface area contributed by atoms with E-state index in [4.69, 9.17) is 49.7 Å². The molecule has 0 radical (unpaired) electrons. The Morgan fingerprint density at radius 3 is 1.51 bits per heavy atom. The Morgan fingerprint density at radius 2 is 1.08 bits per heavy atom. The summed E-state index contributed by atoms with van der Waals surface area (Å²) >= 11 is 0. The molecule has 74 heavy (non-hydrogen) atoms. The number of rotatable bonds is 17. The van der Waals surface area contributed by atoms with Gasteiger partial charge in [-0.2, -0.15) is 5.26 Å². The summed E-state index contributed by atoms with van der Waals surface area (Å²) in [5.74, 6) is 2.79. The molecule has 3 atom stereocenters. The molecule has 0 saturated heterocycles. The molecule has 6 aromatic carbocycles. The van der Waals surface area contributed by atoms with Gasteiger partial charge in [0.25, 0.3) is 0 Å². The van der Waals surface area contributed by atoms with E-state index in [1.54, 1.807) is 55.5 Å². The molecule has 0 bridgehead atoms. The van der Waals surface area contributed by atoms with Crippen molar-refractivity contribution in [2.24, 2.45) is 5.41 Å². The van der Waals surface area contributed by atoms with Gasteiger partial charge in [0.15, 0.2) is 17.0 Å². The van der Waals surface area contributed by atoms with Crippen LogP contribution in [0.4, 0.5) is 10.6 Å². The first-order valence-corrected chi connectivity index (χ1v) is 24.1. The molecule has 1 amide bonds. The average Bonchev–Trinajstić information content (AvgIpc) is 3.98. The van der Waals surface area contributed by atoms with Crippen molar-refractivity contribution in [3.8, 4) is 29.1 Å². The van der Waals surface area contributed by atoms with E-state index in [0.29, 0.717) is 39.7 Å². The van der Waals surface area contributed by atoms with E-state index in [1.165, 1.54) is 6.33 Å². The molecule has 2 heterocycles. The van der Waals surface area contributed by atoms with Crippen LogP contribution in [0.1, 0.15) is 66.6 Å². The fourth-order valence-corrected chi connectivity index (χ4v) is 9.95. The molecular formula is C60H58N6O8. The zero-order chi connectivity index (χ0) is 52.1. The molecule has 2 aromatic heterocycles. The smallest absolute Gasteiger partial charge is 0.413 e. The molecule has 14 nitrogen and oxygen atoms in total. The summed E-state index contributed by atoms with van der Waals surface area (Å²) in [7, 11) is 6.50. The number of carbonyl (C=O) groups excluding carboxylic acids is 1. The number of aromatic nitrogens is 4. The second-order valence-electron chi connectivity index (χ2n) is 18.9. The van der Waals surface area contributed by atoms with E-state index >= 15 is 0 Å². The van der Waals surface area contributed by atoms with Gasteiger partial charge in [-0.05, 0) is 108 Å². The zero-order valence-electron chi connectivity index (χ0n) is 42.4. The molecule has 376 valence electrons. The lowest BCUT2D eigenvalue weighted by Gasteiger charge is -2.43. The number of hydrogen-bond acceptors (Lipinski definition) is 12. The minimum Gasteiger partial charge on any atom is -0.497 e. The first-order valence-electron chi connectivity index (χ1n) is 24.1. The normalized spacial score (nSPS) is 16.8. The molecule has 0 aliphatic heterocycles. The summed E-state index contributed by atoms with van der Waals surface area (Å²) in [4.78, 5) is 26.9. The number of methoxy groups -OCH3 is 4. The topological polar surface area (TPSA) is 161 Å². The van der Waals surface area contributed by atoms with Gasteiger partial charge in [0, 0.05) is 6.42 Å². The van der Waals surface area contributed by atoms with E-state index in [9.17, 15) is 10.1 Å². The molecular weight excluding hydrogens is 933 g/mol. The summed E-state index contributed by atoms with van der Waals surface area (Å²) in [5.41, 5.74) is 0.814. The largest absolute Gasteiger partial charge is 0.497 e. The van der Waals surface area contributed by atoms with Crippen LogP contribution in [0.5, 0.6) is 23.0 Å². The van der Waals surface area contributed by atoms with E-state index in [2.05, 4.69) is 16.4 Å². The minimum absolute atomic E-state index is 0.156. The number of anilines is 1. The maximum atomic E-state index is 13.1. The third-order valence-electron chi connectivity index (χ3n) is 13.7. The number of hydrogen-bond donors (Lipinski definition) is 1. The maximum absolute atomic E-state index is 13.1. The third kappa shape index (κ3) is 9.39. The summed E-state index contributed by atoms with van der Waals surface area (Å²) < 4.78 is 45.7. The van der Waals surface area contributed by atoms with Crippen molar-refractivity contribution < 1.29 is 38.0 Å². The van der Waals surface area contributed by atoms with E-state index in [-0.39, 0.29) is 18.8 Å². The number of nitrogens with zero attached hydrogens (tertiary/aromatic N) is 5. The monoisotopic (exact) mass is 990 g/mol. The predicted molar refractivity (Wildman–Crippen MR) is 281 cm³/mol. The van der Waals surface area contributed by atoms with Gasteiger partial charge in [0.1, 0.15) is 51.5 Å². The van der Waals surface area contributed by atoms with Crippen molar-refractivity contribution in [2.75, 3.05) is 40.4 Å². The summed E-state index contributed by atoms with van der Waals surface area (Å²) in [6.07, 6.45) is 1.52. The van der Waals surface area contributed by atoms with Crippen LogP contribution in [0.3, 0.4) is 0 Å². The maximum Gasteiger partial charge on any atom is 0.413 e. The number of amides is 1. The second-order valence-corrected chi connectivity index (χ2v) is 18.9. The standard InChI is InChI=1S/C60H58N6O8/c1-40-51(66-39-64-53-54(62-38-63-55(53)66)65-56(67)74-57(2,3)4)35-52(73-60(42-17-13-10-14-18-42,45-23-31-49(70-7)32-24-45)46-25-33-50(71-8)34-26-46)58(40,36-61)37-72-59(41-15-11-9-12-16-41,43-19-27-47(68-5)28-20-43)44-21-29-48(69-6)30-22-44/h9-34,38-39,51-52H,1,35,37H2,2-8H3,(H,62,63,65,67)/t51-,52-,58-/m0/s1. The minimum atomic E-state index is -1.61. The van der Waals surface area contributed by atoms with Gasteiger partial charge in [-0.1, -0.05) is 116 Å². The van der Waals surface area contributed by atoms with Crippen molar-refractivity contribution in [1.29, 1.82) is 5.26 Å². The third-order valence-corrected chi connectivity index (χ3v) is 13.7. The van der Waals surface area contributed by atoms with Crippen molar-refractivity contribution in [1.82, 2.24) is 19.5 Å². The van der Waals surface area contributed by atoms with Crippen LogP contribution < -0.4 is 24.3 Å². The molecule has 0 spiro atoms. The van der Waals surface area contributed by atoms with Crippen molar-refractivity contribution in [3.63, 3.8) is 0 Å². The number of nitrogens with one attached hydrogen (secondary N) is 1. The second kappa shape index (κ2) is 20.9. The molecule has 1 saturated carbocycles. The Bertz CT molecular complexity index is 3170. The number of benzene rings is 6. The van der Waals surface area contributed by atoms with Gasteiger partial charge in [-0.25, -0.2) is 19.7 Å². The highest BCUT2D eigenvalue weighted by atomic mass is 16.6. The highest BCUT2D eigenvalue weighted by Crippen LogP contribution is 2.56. The summed E-state index contributed by atoms with van der Waals surface area (Å²) in [6, 6.07) is 53.0. The van der Waals surface area contributed by atoms with Gasteiger partial charge in [0.2, 0.25) is 0 Å². The Kier molecular flexibility index (Phi) is 14.3. The molecule has 14 heteroatoms. The van der Waals surface area contributed by atoms with Gasteiger partial charge < -0.3 is 37.7 Å². The molecule has 1 aliphatic carbocycles. The van der Waals surface area contributed by atoms with Crippen LogP contribution in [-0.2, 0) is 25.4 Å². The van der Waals surface area contributed by atoms with Gasteiger partial charge in [-0.15, -0.1) is 0 Å². The lowest BCUT2D eigenvalue weighted by atomic mass is 9.77. The molecule has 8 aromatic rings. The number of nitriles is 1. The molecule has 1 N–H and O–H groups in total. The fraction of sp³-hybridized carbons (Fsp3) is 0.250. The zero-order valence-corrected chi connectivity index (χ0v) is 42.4. The number of imidazole rings is 1. The Labute approximate surface area is 431 Å². The molecule has 0 unspecified atom stereocenters. The summed E-state index contributed by atoms with van der Waals surface area (Å²) in [5, 5.41) is 15.0. The van der Waals surface area contributed by atoms with Crippen LogP contribution in [0, 0.1) is 16.7 Å². The number of ether oxygens (including phenoxy) is 7. The van der Waals surface area contributed by atoms with E-state index < -0.39 is 40.5 Å². The lowest BCUT2D eigenvalue weighted by molar-refractivity contribution is -0.108. The van der Waals surface area contributed by atoms with Crippen LogP contribution in [0.25, 0.3) is 11.2 Å². The van der Waals surface area contributed by atoms with E-state index in [0.717, 1.165) is 33.4 Å². The molecule has 1 fully saturated rings. The van der Waals surface area contributed by atoms with Crippen molar-refractivity contribution in [3.05, 3.63) is 216 Å². The van der Waals surface area contributed by atoms with Crippen LogP contribution in [-0.4, -0.2) is 72.4 Å². The Hall–Kier alpha value is -8.51. The molecule has 9 rings (SSSR count). The highest BCUT2D eigenvalue weighted by Gasteiger charge is 2.58. The van der Waals surface area contributed by atoms with Gasteiger partial charge in [-0.3, -0.25) is 5.32 Å². The summed E-state index contributed by atoms with van der Waals surface area (Å²) in [6.45, 7) is 9.92. The SMILES string of the molecule is C=C1[C@@H](n2cnc3c(NC(=O)OC(C)(C)C)ncnc32)C[C@H](OC(c2ccccc2)(c2ccc(OC)cc2)c2ccc(OC)cc2)[C@@]1(C#N)COC(c1ccccc1)(c1ccc(OC)cc1)c1ccc(OC)cc1. The Morgan fingerprint density at radius 1 is 0.649 bits per heavy atom. The van der Waals surface area contributed by atoms with Gasteiger partial charge >= 0.3 is 6.09 Å². The number of carbonyl (C=O) groups is 1. The van der Waals surface area contributed by atoms with Crippen LogP contribution >= 0.6 is 0 Å². The number of fused-ring (bicyclic) bond motifs is 1. The van der Waals surface area contributed by atoms with Crippen LogP contribution in [0.15, 0.2) is 183 Å². The van der Waals surface area contributed by atoms with Gasteiger partial charge in [0.05, 0.1) is 59.6 Å². The fourth-order valence-electron chi connectivity index (χ4n) is 9.95. The Balaban J connectivity index is 1.27. The highest BCUT2D eigenvalue weighted by molar-refractivity contribution is 5.93.